The Bertz CT molecular complexity index is 749. The first-order valence-corrected chi connectivity index (χ1v) is 7.67. The summed E-state index contributed by atoms with van der Waals surface area (Å²) in [6.45, 7) is 1.98. The highest BCUT2D eigenvalue weighted by Crippen LogP contribution is 2.28. The molecule has 6 heteroatoms. The first kappa shape index (κ1) is 18.7. The molecule has 0 amide bonds. The summed E-state index contributed by atoms with van der Waals surface area (Å²) in [6, 6.07) is 10.8. The lowest BCUT2D eigenvalue weighted by Gasteiger charge is -2.09. The van der Waals surface area contributed by atoms with Gasteiger partial charge in [-0.15, -0.1) is 13.2 Å². The average Bonchev–Trinajstić information content (AvgIpc) is 2.55. The number of rotatable bonds is 6. The normalized spacial score (nSPS) is 12.2. The van der Waals surface area contributed by atoms with Gasteiger partial charge in [-0.3, -0.25) is 4.99 Å². The zero-order valence-electron chi connectivity index (χ0n) is 13.6. The largest absolute Gasteiger partial charge is 0.573 e. The first-order chi connectivity index (χ1) is 11.9. The highest BCUT2D eigenvalue weighted by Gasteiger charge is 2.32. The molecular weight excluding hydrogens is 334 g/mol. The predicted octanol–water partition coefficient (Wildman–Crippen LogP) is 5.98. The van der Waals surface area contributed by atoms with Crippen molar-refractivity contribution in [3.8, 4) is 5.75 Å². The van der Waals surface area contributed by atoms with E-state index in [-0.39, 0.29) is 5.69 Å². The Morgan fingerprint density at radius 3 is 2.40 bits per heavy atom. The van der Waals surface area contributed by atoms with Gasteiger partial charge in [-0.1, -0.05) is 36.4 Å². The number of hydrogen-bond acceptors (Lipinski definition) is 2. The summed E-state index contributed by atoms with van der Waals surface area (Å²) in [5, 5.41) is 0. The van der Waals surface area contributed by atoms with Gasteiger partial charge in [0.15, 0.2) is 11.6 Å². The Labute approximate surface area is 143 Å². The SMILES string of the molecule is C/C=C/CCc1ccc(C=Nc2ccc(OC(F)(F)F)c(F)c2)cc1. The van der Waals surface area contributed by atoms with Crippen molar-refractivity contribution < 1.29 is 22.3 Å². The summed E-state index contributed by atoms with van der Waals surface area (Å²) in [7, 11) is 0. The van der Waals surface area contributed by atoms with E-state index in [1.165, 1.54) is 17.8 Å². The molecule has 0 N–H and O–H groups in total. The van der Waals surface area contributed by atoms with Crippen LogP contribution in [-0.2, 0) is 6.42 Å². The molecule has 0 aliphatic carbocycles. The highest BCUT2D eigenvalue weighted by molar-refractivity contribution is 5.82. The van der Waals surface area contributed by atoms with Gasteiger partial charge in [-0.05, 0) is 43.0 Å². The van der Waals surface area contributed by atoms with Crippen molar-refractivity contribution in [2.45, 2.75) is 26.1 Å². The van der Waals surface area contributed by atoms with Crippen molar-refractivity contribution in [3.05, 3.63) is 71.6 Å². The van der Waals surface area contributed by atoms with Gasteiger partial charge in [0, 0.05) is 12.3 Å². The summed E-state index contributed by atoms with van der Waals surface area (Å²) in [4.78, 5) is 4.07. The minimum absolute atomic E-state index is 0.198. The molecule has 2 rings (SSSR count). The predicted molar refractivity (Wildman–Crippen MR) is 89.9 cm³/mol. The average molecular weight is 351 g/mol. The van der Waals surface area contributed by atoms with Crippen molar-refractivity contribution in [2.24, 2.45) is 4.99 Å². The molecule has 0 saturated carbocycles. The van der Waals surface area contributed by atoms with E-state index >= 15 is 0 Å². The Kier molecular flexibility index (Phi) is 6.33. The monoisotopic (exact) mass is 351 g/mol. The third kappa shape index (κ3) is 6.41. The van der Waals surface area contributed by atoms with E-state index in [1.807, 2.05) is 37.3 Å². The Morgan fingerprint density at radius 1 is 1.08 bits per heavy atom. The molecule has 0 radical (unpaired) electrons. The molecule has 2 aromatic rings. The molecule has 132 valence electrons. The van der Waals surface area contributed by atoms with Crippen LogP contribution in [0, 0.1) is 5.82 Å². The van der Waals surface area contributed by atoms with Crippen LogP contribution in [0.3, 0.4) is 0 Å². The van der Waals surface area contributed by atoms with E-state index in [1.54, 1.807) is 0 Å². The second kappa shape index (κ2) is 8.46. The number of hydrogen-bond donors (Lipinski definition) is 0. The standard InChI is InChI=1S/C19H17F4NO/c1-2-3-4-5-14-6-8-15(9-7-14)13-24-16-10-11-18(17(20)12-16)25-19(21,22)23/h2-3,6-13H,4-5H2,1H3/b3-2+,24-13?. The minimum Gasteiger partial charge on any atom is -0.403 e. The van der Waals surface area contributed by atoms with Crippen LogP contribution in [0.5, 0.6) is 5.75 Å². The van der Waals surface area contributed by atoms with Crippen LogP contribution in [0.4, 0.5) is 23.2 Å². The van der Waals surface area contributed by atoms with Crippen molar-refractivity contribution in [1.29, 1.82) is 0 Å². The quantitative estimate of drug-likeness (QED) is 0.356. The fraction of sp³-hybridized carbons (Fsp3) is 0.211. The minimum atomic E-state index is -4.93. The van der Waals surface area contributed by atoms with Gasteiger partial charge in [0.05, 0.1) is 5.69 Å². The Hall–Kier alpha value is -2.63. The molecule has 0 bridgehead atoms. The summed E-state index contributed by atoms with van der Waals surface area (Å²) in [6.07, 6.45) is 2.60. The maximum Gasteiger partial charge on any atom is 0.573 e. The summed E-state index contributed by atoms with van der Waals surface area (Å²) < 4.78 is 53.5. The number of alkyl halides is 3. The fourth-order valence-electron chi connectivity index (χ4n) is 2.11. The molecular formula is C19H17F4NO. The van der Waals surface area contributed by atoms with Crippen molar-refractivity contribution in [2.75, 3.05) is 0 Å². The molecule has 0 spiro atoms. The van der Waals surface area contributed by atoms with Crippen LogP contribution >= 0.6 is 0 Å². The van der Waals surface area contributed by atoms with E-state index in [4.69, 9.17) is 0 Å². The first-order valence-electron chi connectivity index (χ1n) is 7.67. The second-order valence-corrected chi connectivity index (χ2v) is 5.27. The third-order valence-electron chi connectivity index (χ3n) is 3.32. The highest BCUT2D eigenvalue weighted by atomic mass is 19.4. The molecule has 0 atom stereocenters. The van der Waals surface area contributed by atoms with Crippen molar-refractivity contribution in [3.63, 3.8) is 0 Å². The number of nitrogens with zero attached hydrogens (tertiary/aromatic N) is 1. The topological polar surface area (TPSA) is 21.6 Å². The summed E-state index contributed by atoms with van der Waals surface area (Å²) in [5.74, 6) is -2.00. The molecule has 0 unspecified atom stereocenters. The zero-order valence-corrected chi connectivity index (χ0v) is 13.6. The molecule has 25 heavy (non-hydrogen) atoms. The number of aliphatic imine (C=N–C) groups is 1. The van der Waals surface area contributed by atoms with Crippen LogP contribution < -0.4 is 4.74 Å². The molecule has 0 heterocycles. The Morgan fingerprint density at radius 2 is 1.80 bits per heavy atom. The van der Waals surface area contributed by atoms with Gasteiger partial charge in [-0.25, -0.2) is 4.39 Å². The van der Waals surface area contributed by atoms with Crippen LogP contribution in [0.2, 0.25) is 0 Å². The molecule has 0 saturated heterocycles. The maximum absolute atomic E-state index is 13.6. The van der Waals surface area contributed by atoms with Gasteiger partial charge >= 0.3 is 6.36 Å². The summed E-state index contributed by atoms with van der Waals surface area (Å²) >= 11 is 0. The van der Waals surface area contributed by atoms with Crippen molar-refractivity contribution in [1.82, 2.24) is 0 Å². The van der Waals surface area contributed by atoms with E-state index in [0.717, 1.165) is 30.5 Å². The van der Waals surface area contributed by atoms with E-state index in [2.05, 4.69) is 15.8 Å². The van der Waals surface area contributed by atoms with Gasteiger partial charge in [0.1, 0.15) is 0 Å². The lowest BCUT2D eigenvalue weighted by Crippen LogP contribution is -2.17. The molecule has 2 aromatic carbocycles. The number of benzene rings is 2. The van der Waals surface area contributed by atoms with Crippen LogP contribution in [-0.4, -0.2) is 12.6 Å². The number of allylic oxidation sites excluding steroid dienone is 2. The molecule has 2 nitrogen and oxygen atoms in total. The van der Waals surface area contributed by atoms with Gasteiger partial charge in [0.25, 0.3) is 0 Å². The maximum atomic E-state index is 13.6. The van der Waals surface area contributed by atoms with Crippen LogP contribution in [0.1, 0.15) is 24.5 Å². The molecule has 0 fully saturated rings. The number of halogens is 4. The number of ether oxygens (including phenoxy) is 1. The summed E-state index contributed by atoms with van der Waals surface area (Å²) in [5.41, 5.74) is 2.20. The smallest absolute Gasteiger partial charge is 0.403 e. The van der Waals surface area contributed by atoms with Gasteiger partial charge < -0.3 is 4.74 Å². The van der Waals surface area contributed by atoms with Crippen LogP contribution in [0.25, 0.3) is 0 Å². The second-order valence-electron chi connectivity index (χ2n) is 5.27. The van der Waals surface area contributed by atoms with Crippen molar-refractivity contribution >= 4 is 11.9 Å². The fourth-order valence-corrected chi connectivity index (χ4v) is 2.11. The lowest BCUT2D eigenvalue weighted by atomic mass is 10.1. The molecule has 0 aromatic heterocycles. The van der Waals surface area contributed by atoms with Crippen LogP contribution in [0.15, 0.2) is 59.6 Å². The molecule has 0 aliphatic rings. The van der Waals surface area contributed by atoms with E-state index in [9.17, 15) is 17.6 Å². The van der Waals surface area contributed by atoms with Gasteiger partial charge in [0.2, 0.25) is 0 Å². The van der Waals surface area contributed by atoms with E-state index < -0.39 is 17.9 Å². The Balaban J connectivity index is 2.02. The third-order valence-corrected chi connectivity index (χ3v) is 3.32. The molecule has 0 aliphatic heterocycles. The van der Waals surface area contributed by atoms with E-state index in [0.29, 0.717) is 0 Å². The lowest BCUT2D eigenvalue weighted by molar-refractivity contribution is -0.275. The van der Waals surface area contributed by atoms with Gasteiger partial charge in [-0.2, -0.15) is 0 Å². The number of aryl methyl sites for hydroxylation is 1. The zero-order chi connectivity index (χ0) is 18.3.